The largest absolute Gasteiger partial charge is 0.480 e. The number of alkyl halides is 1. The number of esters is 1. The number of azide groups is 1. The van der Waals surface area contributed by atoms with E-state index in [4.69, 9.17) is 24.3 Å². The first-order chi connectivity index (χ1) is 20.4. The van der Waals surface area contributed by atoms with Crippen LogP contribution in [0, 0.1) is 0 Å². The molecule has 18 heteroatoms. The van der Waals surface area contributed by atoms with Crippen molar-refractivity contribution in [2.75, 3.05) is 12.3 Å². The summed E-state index contributed by atoms with van der Waals surface area (Å²) in [5.74, 6) is -2.43. The summed E-state index contributed by atoms with van der Waals surface area (Å²) in [4.78, 5) is 42.5. The molecule has 1 aliphatic heterocycles. The Balaban J connectivity index is 1.73. The molecule has 1 unspecified atom stereocenters. The standard InChI is InChI=1S/C25H27FN7O9P/c1-3-19(34)40-20-21(26)25(31-32-28,41-22(20)33-12-11-18(27)29-24(33)37)13-39-43(38,30-14(2)23(35)36)42-17-10-6-8-15-7-4-5-9-16(15)17/h4-12,14,20-22H,3,13H2,1-2H3,(H,30,38)(H,35,36)(H2,27,29,37)/t14-,20+,21-,22+,25+,43?/m0/s1. The lowest BCUT2D eigenvalue weighted by molar-refractivity contribution is -0.157. The molecule has 0 saturated carbocycles. The molecule has 1 saturated heterocycles. The lowest BCUT2D eigenvalue weighted by atomic mass is 10.1. The SMILES string of the molecule is CCC(=O)O[C@H]1[C@H](n2ccc(N)nc2=O)O[C@@](COP(=O)(N[C@@H](C)C(=O)O)Oc2cccc3ccccc23)(N=[N+]=[N-])[C@H]1F. The van der Waals surface area contributed by atoms with E-state index in [0.29, 0.717) is 10.8 Å². The van der Waals surface area contributed by atoms with Gasteiger partial charge in [0.25, 0.3) is 0 Å². The Kier molecular flexibility index (Phi) is 9.33. The van der Waals surface area contributed by atoms with E-state index in [1.165, 1.54) is 19.1 Å². The van der Waals surface area contributed by atoms with Crippen LogP contribution in [0.2, 0.25) is 0 Å². The number of benzene rings is 2. The molecule has 0 aliphatic carbocycles. The lowest BCUT2D eigenvalue weighted by Crippen LogP contribution is -2.44. The number of halogens is 1. The van der Waals surface area contributed by atoms with Crippen LogP contribution in [0.1, 0.15) is 26.5 Å². The van der Waals surface area contributed by atoms with Gasteiger partial charge in [-0.05, 0) is 30.0 Å². The number of nitrogens with zero attached hydrogens (tertiary/aromatic N) is 5. The van der Waals surface area contributed by atoms with Crippen LogP contribution in [0.25, 0.3) is 21.2 Å². The molecule has 0 bridgehead atoms. The fourth-order valence-electron chi connectivity index (χ4n) is 4.19. The van der Waals surface area contributed by atoms with Crippen molar-refractivity contribution in [1.29, 1.82) is 0 Å². The maximum absolute atomic E-state index is 16.2. The number of hydrogen-bond acceptors (Lipinski definition) is 11. The Bertz CT molecular complexity index is 1680. The zero-order valence-electron chi connectivity index (χ0n) is 22.8. The monoisotopic (exact) mass is 619 g/mol. The molecule has 2 heterocycles. The van der Waals surface area contributed by atoms with E-state index in [-0.39, 0.29) is 18.0 Å². The summed E-state index contributed by atoms with van der Waals surface area (Å²) >= 11 is 0. The van der Waals surface area contributed by atoms with E-state index in [1.54, 1.807) is 36.4 Å². The Morgan fingerprint density at radius 1 is 1.33 bits per heavy atom. The topological polar surface area (TPSA) is 230 Å². The van der Waals surface area contributed by atoms with Gasteiger partial charge in [0.05, 0.1) is 6.61 Å². The van der Waals surface area contributed by atoms with Crippen LogP contribution in [0.15, 0.2) is 64.6 Å². The number of carbonyl (C=O) groups is 2. The van der Waals surface area contributed by atoms with Gasteiger partial charge in [-0.15, -0.1) is 0 Å². The van der Waals surface area contributed by atoms with Crippen LogP contribution in [0.4, 0.5) is 10.2 Å². The van der Waals surface area contributed by atoms with Crippen LogP contribution in [0.5, 0.6) is 5.75 Å². The van der Waals surface area contributed by atoms with Crippen molar-refractivity contribution >= 4 is 36.3 Å². The average molecular weight is 620 g/mol. The van der Waals surface area contributed by atoms with Crippen LogP contribution in [-0.2, 0) is 28.2 Å². The van der Waals surface area contributed by atoms with Gasteiger partial charge in [0.15, 0.2) is 18.5 Å². The van der Waals surface area contributed by atoms with Gasteiger partial charge in [0.1, 0.15) is 17.6 Å². The van der Waals surface area contributed by atoms with Crippen molar-refractivity contribution in [3.8, 4) is 5.75 Å². The highest BCUT2D eigenvalue weighted by atomic mass is 31.2. The van der Waals surface area contributed by atoms with E-state index < -0.39 is 62.3 Å². The number of aromatic nitrogens is 2. The number of rotatable bonds is 12. The second kappa shape index (κ2) is 12.8. The molecule has 3 aromatic rings. The Labute approximate surface area is 242 Å². The van der Waals surface area contributed by atoms with Crippen molar-refractivity contribution in [2.24, 2.45) is 5.11 Å². The number of hydrogen-bond donors (Lipinski definition) is 3. The molecule has 4 N–H and O–H groups in total. The van der Waals surface area contributed by atoms with Gasteiger partial charge in [0.2, 0.25) is 5.72 Å². The average Bonchev–Trinajstić information content (AvgIpc) is 3.23. The van der Waals surface area contributed by atoms with Crippen LogP contribution < -0.4 is 21.0 Å². The van der Waals surface area contributed by atoms with Crippen molar-refractivity contribution < 1.29 is 42.2 Å². The summed E-state index contributed by atoms with van der Waals surface area (Å²) < 4.78 is 53.0. The normalized spacial score (nSPS) is 23.6. The second-order valence-corrected chi connectivity index (χ2v) is 11.0. The van der Waals surface area contributed by atoms with Crippen LogP contribution in [0.3, 0.4) is 0 Å². The maximum Gasteiger partial charge on any atom is 0.459 e. The highest BCUT2D eigenvalue weighted by Crippen LogP contribution is 2.50. The summed E-state index contributed by atoms with van der Waals surface area (Å²) in [6.07, 6.45) is -5.16. The number of carboxylic acid groups (broad SMARTS) is 1. The molecule has 43 heavy (non-hydrogen) atoms. The first-order valence-electron chi connectivity index (χ1n) is 12.8. The molecule has 16 nitrogen and oxygen atoms in total. The number of fused-ring (bicyclic) bond motifs is 1. The number of aliphatic carboxylic acids is 1. The quantitative estimate of drug-likeness (QED) is 0.0870. The summed E-state index contributed by atoms with van der Waals surface area (Å²) in [7, 11) is -4.73. The number of nitrogens with one attached hydrogen (secondary N) is 1. The summed E-state index contributed by atoms with van der Waals surface area (Å²) in [6, 6.07) is 11.4. The van der Waals surface area contributed by atoms with Crippen molar-refractivity contribution in [2.45, 2.75) is 50.5 Å². The van der Waals surface area contributed by atoms with E-state index in [9.17, 15) is 29.6 Å². The molecule has 0 spiro atoms. The summed E-state index contributed by atoms with van der Waals surface area (Å²) in [5, 5.41) is 16.3. The third kappa shape index (κ3) is 6.77. The van der Waals surface area contributed by atoms with Gasteiger partial charge >= 0.3 is 25.4 Å². The van der Waals surface area contributed by atoms with E-state index in [0.717, 1.165) is 17.7 Å². The Morgan fingerprint density at radius 2 is 2.05 bits per heavy atom. The van der Waals surface area contributed by atoms with Gasteiger partial charge in [0, 0.05) is 22.9 Å². The third-order valence-corrected chi connectivity index (χ3v) is 7.96. The number of nitrogen functional groups attached to an aromatic ring is 1. The molecule has 0 radical (unpaired) electrons. The zero-order valence-corrected chi connectivity index (χ0v) is 23.7. The number of anilines is 1. The minimum absolute atomic E-state index is 0.0284. The molecule has 1 aromatic heterocycles. The first-order valence-corrected chi connectivity index (χ1v) is 14.3. The van der Waals surface area contributed by atoms with Gasteiger partial charge in [-0.3, -0.25) is 18.7 Å². The summed E-state index contributed by atoms with van der Waals surface area (Å²) in [5.41, 5.74) is 11.2. The molecule has 0 amide bonds. The molecular weight excluding hydrogens is 592 g/mol. The molecule has 228 valence electrons. The molecule has 1 fully saturated rings. The fraction of sp³-hybridized carbons (Fsp3) is 0.360. The smallest absolute Gasteiger partial charge is 0.459 e. The van der Waals surface area contributed by atoms with Crippen molar-refractivity contribution in [1.82, 2.24) is 14.6 Å². The Hall–Kier alpha value is -4.53. The van der Waals surface area contributed by atoms with Crippen LogP contribution >= 0.6 is 7.75 Å². The molecule has 6 atom stereocenters. The fourth-order valence-corrected chi connectivity index (χ4v) is 5.73. The number of nitrogens with two attached hydrogens (primary N) is 1. The molecule has 2 aromatic carbocycles. The van der Waals surface area contributed by atoms with Crippen molar-refractivity contribution in [3.05, 3.63) is 75.7 Å². The third-order valence-electron chi connectivity index (χ3n) is 6.35. The number of carbonyl (C=O) groups excluding carboxylic acids is 1. The number of ether oxygens (including phenoxy) is 2. The van der Waals surface area contributed by atoms with Gasteiger partial charge in [-0.25, -0.2) is 13.8 Å². The van der Waals surface area contributed by atoms with Crippen molar-refractivity contribution in [3.63, 3.8) is 0 Å². The van der Waals surface area contributed by atoms with Crippen LogP contribution in [-0.4, -0.2) is 57.2 Å². The first kappa shape index (κ1) is 31.4. The Morgan fingerprint density at radius 3 is 2.72 bits per heavy atom. The number of carboxylic acids is 1. The molecule has 4 rings (SSSR count). The lowest BCUT2D eigenvalue weighted by Gasteiger charge is -2.29. The highest BCUT2D eigenvalue weighted by molar-refractivity contribution is 7.52. The van der Waals surface area contributed by atoms with E-state index in [2.05, 4.69) is 20.1 Å². The van der Waals surface area contributed by atoms with Gasteiger partial charge < -0.3 is 24.8 Å². The predicted octanol–water partition coefficient (Wildman–Crippen LogP) is 3.44. The van der Waals surface area contributed by atoms with E-state index >= 15 is 4.39 Å². The minimum Gasteiger partial charge on any atom is -0.480 e. The van der Waals surface area contributed by atoms with E-state index in [1.807, 2.05) is 0 Å². The van der Waals surface area contributed by atoms with Gasteiger partial charge in [-0.2, -0.15) is 10.1 Å². The summed E-state index contributed by atoms with van der Waals surface area (Å²) in [6.45, 7) is 1.46. The minimum atomic E-state index is -4.73. The predicted molar refractivity (Wildman–Crippen MR) is 148 cm³/mol. The second-order valence-electron chi connectivity index (χ2n) is 9.32. The molecule has 1 aliphatic rings. The maximum atomic E-state index is 16.2. The highest BCUT2D eigenvalue weighted by Gasteiger charge is 2.60. The molecular formula is C25H27FN7O9P. The zero-order chi connectivity index (χ0) is 31.4. The van der Waals surface area contributed by atoms with Gasteiger partial charge in [-0.1, -0.05) is 48.4 Å².